The van der Waals surface area contributed by atoms with Gasteiger partial charge in [0.2, 0.25) is 0 Å². The topological polar surface area (TPSA) is 80.2 Å². The highest BCUT2D eigenvalue weighted by Crippen LogP contribution is 2.34. The molecular formula is C18H31N3O2. The van der Waals surface area contributed by atoms with Crippen LogP contribution in [0.15, 0.2) is 22.4 Å². The van der Waals surface area contributed by atoms with Crippen molar-refractivity contribution in [2.45, 2.75) is 82.7 Å². The fourth-order valence-electron chi connectivity index (χ4n) is 2.28. The third kappa shape index (κ3) is 8.85. The summed E-state index contributed by atoms with van der Waals surface area (Å²) >= 11 is 0. The van der Waals surface area contributed by atoms with Crippen molar-refractivity contribution >= 4 is 0 Å². The van der Waals surface area contributed by atoms with Gasteiger partial charge in [-0.3, -0.25) is 0 Å². The molecular weight excluding hydrogens is 290 g/mol. The van der Waals surface area contributed by atoms with Gasteiger partial charge >= 0.3 is 0 Å². The van der Waals surface area contributed by atoms with Gasteiger partial charge in [-0.25, -0.2) is 0 Å². The van der Waals surface area contributed by atoms with Crippen LogP contribution in [0.4, 0.5) is 0 Å². The lowest BCUT2D eigenvalue weighted by atomic mass is 10.1. The minimum Gasteiger partial charge on any atom is -0.387 e. The molecule has 0 saturated carbocycles. The minimum absolute atomic E-state index is 0.227. The molecule has 0 radical (unpaired) electrons. The number of unbranched alkanes of at least 4 members (excludes halogenated alkanes) is 6. The molecule has 0 amide bonds. The molecule has 0 unspecified atom stereocenters. The highest BCUT2D eigenvalue weighted by molar-refractivity contribution is 4.95. The minimum atomic E-state index is -0.753. The van der Waals surface area contributed by atoms with E-state index in [0.29, 0.717) is 12.8 Å². The summed E-state index contributed by atoms with van der Waals surface area (Å²) < 4.78 is 5.62. The zero-order valence-corrected chi connectivity index (χ0v) is 14.3. The van der Waals surface area contributed by atoms with Crippen LogP contribution in [-0.4, -0.2) is 29.7 Å². The molecule has 5 heteroatoms. The van der Waals surface area contributed by atoms with Crippen molar-refractivity contribution < 1.29 is 9.84 Å². The Morgan fingerprint density at radius 2 is 2.00 bits per heavy atom. The summed E-state index contributed by atoms with van der Waals surface area (Å²) in [6, 6.07) is -0.471. The van der Waals surface area contributed by atoms with Crippen LogP contribution in [0.2, 0.25) is 0 Å². The van der Waals surface area contributed by atoms with Crippen LogP contribution in [0.1, 0.15) is 64.7 Å². The second-order valence-electron chi connectivity index (χ2n) is 6.10. The Morgan fingerprint density at radius 3 is 2.65 bits per heavy atom. The van der Waals surface area contributed by atoms with E-state index in [0.717, 1.165) is 19.3 Å². The largest absolute Gasteiger partial charge is 0.387 e. The number of nitrogens with two attached hydrogens (primary N) is 1. The van der Waals surface area contributed by atoms with Crippen molar-refractivity contribution in [3.63, 3.8) is 0 Å². The number of hydrogen-bond acceptors (Lipinski definition) is 5. The fraction of sp³-hybridized carbons (Fsp3) is 0.778. The van der Waals surface area contributed by atoms with Crippen molar-refractivity contribution in [3.05, 3.63) is 12.2 Å². The Kier molecular flexibility index (Phi) is 9.77. The van der Waals surface area contributed by atoms with Crippen molar-refractivity contribution in [2.75, 3.05) is 6.61 Å². The maximum Gasteiger partial charge on any atom is 0.293 e. The summed E-state index contributed by atoms with van der Waals surface area (Å²) in [5, 5.41) is 17.9. The van der Waals surface area contributed by atoms with Gasteiger partial charge in [0.1, 0.15) is 0 Å². The quantitative estimate of drug-likeness (QED) is 0.292. The van der Waals surface area contributed by atoms with Crippen LogP contribution in [0.25, 0.3) is 0 Å². The molecule has 0 aliphatic carbocycles. The van der Waals surface area contributed by atoms with Gasteiger partial charge in [-0.1, -0.05) is 44.8 Å². The van der Waals surface area contributed by atoms with Gasteiger partial charge in [0.25, 0.3) is 5.85 Å². The number of terminal acetylenes is 1. The zero-order valence-electron chi connectivity index (χ0n) is 14.3. The first-order valence-corrected chi connectivity index (χ1v) is 8.75. The Morgan fingerprint density at radius 1 is 1.26 bits per heavy atom. The second kappa shape index (κ2) is 11.3. The molecule has 0 fully saturated rings. The summed E-state index contributed by atoms with van der Waals surface area (Å²) in [7, 11) is 0. The number of aliphatic hydroxyl groups is 1. The van der Waals surface area contributed by atoms with Gasteiger partial charge in [-0.2, -0.15) is 0 Å². The Labute approximate surface area is 140 Å². The molecule has 130 valence electrons. The number of allylic oxidation sites excluding steroid dienone is 1. The van der Waals surface area contributed by atoms with Gasteiger partial charge < -0.3 is 15.6 Å². The summed E-state index contributed by atoms with van der Waals surface area (Å²) in [5.41, 5.74) is 5.95. The number of rotatable bonds is 14. The molecule has 0 aromatic heterocycles. The molecule has 5 nitrogen and oxygen atoms in total. The van der Waals surface area contributed by atoms with E-state index in [-0.39, 0.29) is 6.61 Å². The van der Waals surface area contributed by atoms with E-state index in [1.807, 2.05) is 6.08 Å². The van der Waals surface area contributed by atoms with E-state index < -0.39 is 18.0 Å². The molecule has 23 heavy (non-hydrogen) atoms. The van der Waals surface area contributed by atoms with E-state index >= 15 is 0 Å². The third-order valence-corrected chi connectivity index (χ3v) is 3.90. The van der Waals surface area contributed by atoms with Crippen LogP contribution in [0, 0.1) is 12.3 Å². The lowest BCUT2D eigenvalue weighted by Crippen LogP contribution is -2.39. The molecule has 1 aliphatic heterocycles. The van der Waals surface area contributed by atoms with Crippen LogP contribution in [-0.2, 0) is 4.74 Å². The van der Waals surface area contributed by atoms with Gasteiger partial charge in [0.05, 0.1) is 18.8 Å². The van der Waals surface area contributed by atoms with Crippen molar-refractivity contribution in [3.8, 4) is 12.3 Å². The van der Waals surface area contributed by atoms with Crippen molar-refractivity contribution in [1.82, 2.24) is 0 Å². The number of aliphatic hydroxyl groups excluding tert-OH is 1. The molecule has 1 aliphatic rings. The SMILES string of the molecule is C#CCCCC1(OC[C@H](N)[C@H](O)/C=C/CCCCCCC)N=N1. The first-order chi connectivity index (χ1) is 11.1. The Hall–Kier alpha value is -1.22. The first kappa shape index (κ1) is 19.8. The highest BCUT2D eigenvalue weighted by atomic mass is 16.5. The predicted octanol–water partition coefficient (Wildman–Crippen LogP) is 3.53. The molecule has 0 aromatic rings. The van der Waals surface area contributed by atoms with Crippen LogP contribution >= 0.6 is 0 Å². The van der Waals surface area contributed by atoms with E-state index in [1.165, 1.54) is 25.7 Å². The number of hydrogen-bond donors (Lipinski definition) is 2. The van der Waals surface area contributed by atoms with Crippen molar-refractivity contribution in [2.24, 2.45) is 16.0 Å². The Bertz CT molecular complexity index is 409. The van der Waals surface area contributed by atoms with Crippen LogP contribution in [0.5, 0.6) is 0 Å². The third-order valence-electron chi connectivity index (χ3n) is 3.90. The fourth-order valence-corrected chi connectivity index (χ4v) is 2.28. The molecule has 2 atom stereocenters. The van der Waals surface area contributed by atoms with Crippen LogP contribution < -0.4 is 5.73 Å². The van der Waals surface area contributed by atoms with E-state index in [9.17, 15) is 5.11 Å². The summed E-state index contributed by atoms with van der Waals surface area (Å²) in [6.45, 7) is 2.44. The standard InChI is InChI=1S/C18H31N3O2/c1-3-5-7-8-9-10-11-13-17(22)16(19)15-23-18(20-21-18)14-12-6-4-2/h2,11,13,16-17,22H,3,5-10,12,14-15,19H2,1H3/b13-11+/t16-,17+/m0/s1. The summed E-state index contributed by atoms with van der Waals surface area (Å²) in [6.07, 6.45) is 17.7. The van der Waals surface area contributed by atoms with Gasteiger partial charge in [-0.15, -0.1) is 22.6 Å². The van der Waals surface area contributed by atoms with E-state index in [4.69, 9.17) is 16.9 Å². The van der Waals surface area contributed by atoms with Gasteiger partial charge in [0, 0.05) is 12.8 Å². The molecule has 1 rings (SSSR count). The monoisotopic (exact) mass is 321 g/mol. The average Bonchev–Trinajstić information content (AvgIpc) is 3.32. The lowest BCUT2D eigenvalue weighted by molar-refractivity contribution is -0.0101. The first-order valence-electron chi connectivity index (χ1n) is 8.75. The van der Waals surface area contributed by atoms with E-state index in [1.54, 1.807) is 6.08 Å². The maximum absolute atomic E-state index is 10.0. The highest BCUT2D eigenvalue weighted by Gasteiger charge is 2.41. The summed E-state index contributed by atoms with van der Waals surface area (Å²) in [5.74, 6) is 1.83. The molecule has 0 aromatic carbocycles. The van der Waals surface area contributed by atoms with Gasteiger partial charge in [0.15, 0.2) is 0 Å². The Balaban J connectivity index is 2.11. The van der Waals surface area contributed by atoms with Crippen molar-refractivity contribution in [1.29, 1.82) is 0 Å². The van der Waals surface area contributed by atoms with Crippen LogP contribution in [0.3, 0.4) is 0 Å². The molecule has 0 saturated heterocycles. The zero-order chi connectivity index (χ0) is 17.0. The van der Waals surface area contributed by atoms with E-state index in [2.05, 4.69) is 23.1 Å². The normalized spacial score (nSPS) is 18.0. The average molecular weight is 321 g/mol. The molecule has 1 heterocycles. The molecule has 0 bridgehead atoms. The number of ether oxygens (including phenoxy) is 1. The summed E-state index contributed by atoms with van der Waals surface area (Å²) in [4.78, 5) is 0. The van der Waals surface area contributed by atoms with Gasteiger partial charge in [-0.05, 0) is 19.3 Å². The maximum atomic E-state index is 10.0. The predicted molar refractivity (Wildman–Crippen MR) is 92.7 cm³/mol. The molecule has 0 spiro atoms. The smallest absolute Gasteiger partial charge is 0.293 e. The molecule has 3 N–H and O–H groups in total. The lowest BCUT2D eigenvalue weighted by Gasteiger charge is -2.18. The number of nitrogens with zero attached hydrogens (tertiary/aromatic N) is 2. The second-order valence-corrected chi connectivity index (χ2v) is 6.10.